The van der Waals surface area contributed by atoms with Crippen molar-refractivity contribution in [3.05, 3.63) is 57.0 Å². The molecule has 17 nitrogen and oxygen atoms in total. The minimum absolute atomic E-state index is 0.0146. The highest BCUT2D eigenvalue weighted by molar-refractivity contribution is 7.60. The van der Waals surface area contributed by atoms with E-state index < -0.39 is 82.3 Å². The molecule has 1 aliphatic heterocycles. The van der Waals surface area contributed by atoms with Crippen molar-refractivity contribution in [1.82, 2.24) is 14.3 Å². The fourth-order valence-electron chi connectivity index (χ4n) is 3.75. The molecular weight excluding hydrogens is 601 g/mol. The molecule has 1 aromatic carbocycles. The highest BCUT2D eigenvalue weighted by atomic mass is 31.3. The monoisotopic (exact) mass is 619 g/mol. The fourth-order valence-corrected chi connectivity index (χ4v) is 5.35. The molecule has 0 amide bonds. The number of hydrogen-bond acceptors (Lipinski definition) is 12. The van der Waals surface area contributed by atoms with Crippen LogP contribution in [-0.2, 0) is 29.2 Å². The second-order valence-corrected chi connectivity index (χ2v) is 11.0. The smallest absolute Gasteiger partial charge is 0.402 e. The van der Waals surface area contributed by atoms with Crippen LogP contribution in [0.15, 0.2) is 44.6 Å². The number of hydrogen-bond donors (Lipinski definition) is 5. The molecular formula is C18H18F3N3O14P2. The van der Waals surface area contributed by atoms with Crippen molar-refractivity contribution in [3.8, 4) is 5.75 Å². The van der Waals surface area contributed by atoms with Crippen LogP contribution in [0.2, 0.25) is 0 Å². The minimum Gasteiger partial charge on any atom is -0.402 e. The predicted molar refractivity (Wildman–Crippen MR) is 120 cm³/mol. The lowest BCUT2D eigenvalue weighted by Crippen LogP contribution is -2.43. The van der Waals surface area contributed by atoms with Crippen LogP contribution in [0, 0.1) is 0 Å². The molecule has 4 rings (SSSR count). The standard InChI is InChI=1S/C18H18F3N3O14P2/c19-18(20,21)36-10-3-1-2-8-9(22-37-15(8)10)6-24-12(25)4-5-23(17(24)28)16-14(27)13(26)11(35-16)7-34-40(32,33)38-39(29,30)31/h1-5,11,13-14,16,26-27H,6-7H2,(H,32,33)(H2,29,30,31). The van der Waals surface area contributed by atoms with Crippen molar-refractivity contribution in [1.29, 1.82) is 0 Å². The van der Waals surface area contributed by atoms with Gasteiger partial charge in [-0.3, -0.25) is 18.5 Å². The van der Waals surface area contributed by atoms with Crippen molar-refractivity contribution >= 4 is 26.6 Å². The summed E-state index contributed by atoms with van der Waals surface area (Å²) in [6, 6.07) is 4.32. The van der Waals surface area contributed by atoms with E-state index in [0.29, 0.717) is 9.13 Å². The van der Waals surface area contributed by atoms with E-state index in [1.54, 1.807) is 0 Å². The van der Waals surface area contributed by atoms with Crippen molar-refractivity contribution in [2.45, 2.75) is 37.4 Å². The number of rotatable bonds is 9. The average Bonchev–Trinajstić information content (AvgIpc) is 3.35. The average molecular weight is 619 g/mol. The molecule has 1 fully saturated rings. The van der Waals surface area contributed by atoms with Gasteiger partial charge in [0, 0.05) is 12.3 Å². The van der Waals surface area contributed by atoms with Gasteiger partial charge in [0.25, 0.3) is 5.56 Å². The molecule has 0 aliphatic carbocycles. The molecule has 0 spiro atoms. The molecule has 5 unspecified atom stereocenters. The summed E-state index contributed by atoms with van der Waals surface area (Å²) < 4.78 is 83.8. The number of aliphatic hydroxyl groups is 2. The molecule has 1 aliphatic rings. The van der Waals surface area contributed by atoms with E-state index in [4.69, 9.17) is 19.0 Å². The van der Waals surface area contributed by atoms with Crippen LogP contribution in [0.4, 0.5) is 13.2 Å². The molecule has 0 radical (unpaired) electrons. The van der Waals surface area contributed by atoms with Crippen LogP contribution in [0.1, 0.15) is 11.9 Å². The number of alkyl halides is 3. The number of nitrogens with zero attached hydrogens (tertiary/aromatic N) is 3. The van der Waals surface area contributed by atoms with Crippen molar-refractivity contribution in [3.63, 3.8) is 0 Å². The SMILES string of the molecule is O=c1ccn(C2OC(COP(=O)(O)OP(=O)(O)O)C(O)C2O)c(=O)n1Cc1noc2c(OC(F)(F)F)cccc12. The number of fused-ring (bicyclic) bond motifs is 1. The summed E-state index contributed by atoms with van der Waals surface area (Å²) in [5.41, 5.74) is -2.59. The molecule has 0 saturated carbocycles. The second kappa shape index (κ2) is 10.8. The molecule has 22 heteroatoms. The molecule has 3 heterocycles. The molecule has 40 heavy (non-hydrogen) atoms. The lowest BCUT2D eigenvalue weighted by molar-refractivity contribution is -0.274. The molecule has 2 aromatic heterocycles. The Morgan fingerprint density at radius 2 is 1.77 bits per heavy atom. The minimum atomic E-state index is -5.44. The van der Waals surface area contributed by atoms with E-state index >= 15 is 0 Å². The van der Waals surface area contributed by atoms with Crippen LogP contribution in [-0.4, -0.2) is 70.5 Å². The Morgan fingerprint density at radius 3 is 2.42 bits per heavy atom. The van der Waals surface area contributed by atoms with E-state index in [9.17, 15) is 47.0 Å². The normalized spacial score (nSPS) is 23.4. The van der Waals surface area contributed by atoms with Crippen LogP contribution < -0.4 is 16.0 Å². The Kier molecular flexibility index (Phi) is 8.14. The van der Waals surface area contributed by atoms with Gasteiger partial charge >= 0.3 is 27.7 Å². The zero-order valence-electron chi connectivity index (χ0n) is 19.4. The molecule has 1 saturated heterocycles. The zero-order valence-corrected chi connectivity index (χ0v) is 21.2. The number of phosphoric ester groups is 1. The highest BCUT2D eigenvalue weighted by Crippen LogP contribution is 2.57. The van der Waals surface area contributed by atoms with E-state index in [2.05, 4.69) is 18.7 Å². The third kappa shape index (κ3) is 6.69. The molecule has 5 atom stereocenters. The fraction of sp³-hybridized carbons (Fsp3) is 0.389. The third-order valence-corrected chi connectivity index (χ3v) is 7.54. The summed E-state index contributed by atoms with van der Waals surface area (Å²) in [5.74, 6) is -0.718. The van der Waals surface area contributed by atoms with Crippen LogP contribution in [0.3, 0.4) is 0 Å². The number of aliphatic hydroxyl groups excluding tert-OH is 2. The number of para-hydroxylation sites is 1. The zero-order chi connectivity index (χ0) is 29.6. The summed E-state index contributed by atoms with van der Waals surface area (Å²) >= 11 is 0. The molecule has 0 bridgehead atoms. The summed E-state index contributed by atoms with van der Waals surface area (Å²) in [6.07, 6.45) is -11.2. The number of phosphoric acid groups is 2. The van der Waals surface area contributed by atoms with Crippen molar-refractivity contribution in [2.75, 3.05) is 6.61 Å². The van der Waals surface area contributed by atoms with Crippen LogP contribution in [0.25, 0.3) is 11.0 Å². The number of aromatic nitrogens is 3. The first kappa shape index (κ1) is 30.1. The van der Waals surface area contributed by atoms with E-state index in [1.807, 2.05) is 0 Å². The Morgan fingerprint density at radius 1 is 1.07 bits per heavy atom. The third-order valence-electron chi connectivity index (χ3n) is 5.39. The first-order valence-electron chi connectivity index (χ1n) is 10.7. The van der Waals surface area contributed by atoms with Gasteiger partial charge in [-0.2, -0.15) is 4.31 Å². The maximum atomic E-state index is 13.1. The van der Waals surface area contributed by atoms with Gasteiger partial charge in [-0.1, -0.05) is 11.2 Å². The van der Waals surface area contributed by atoms with E-state index in [-0.39, 0.29) is 11.1 Å². The van der Waals surface area contributed by atoms with Crippen LogP contribution in [0.5, 0.6) is 5.75 Å². The van der Waals surface area contributed by atoms with Crippen molar-refractivity contribution < 1.29 is 70.0 Å². The van der Waals surface area contributed by atoms with Gasteiger partial charge in [0.1, 0.15) is 24.0 Å². The Bertz CT molecular complexity index is 1610. The highest BCUT2D eigenvalue weighted by Gasteiger charge is 2.46. The number of ether oxygens (including phenoxy) is 2. The number of halogens is 3. The summed E-state index contributed by atoms with van der Waals surface area (Å²) in [7, 11) is -10.8. The summed E-state index contributed by atoms with van der Waals surface area (Å²) in [6.45, 7) is -1.66. The number of benzene rings is 1. The van der Waals surface area contributed by atoms with Gasteiger partial charge in [-0.25, -0.2) is 13.9 Å². The maximum Gasteiger partial charge on any atom is 0.573 e. The van der Waals surface area contributed by atoms with Crippen LogP contribution >= 0.6 is 15.6 Å². The van der Waals surface area contributed by atoms with Gasteiger partial charge in [-0.15, -0.1) is 13.2 Å². The Labute approximate surface area is 218 Å². The van der Waals surface area contributed by atoms with Gasteiger partial charge in [0.05, 0.1) is 18.5 Å². The lowest BCUT2D eigenvalue weighted by Gasteiger charge is -2.19. The van der Waals surface area contributed by atoms with Gasteiger partial charge in [0.15, 0.2) is 12.0 Å². The largest absolute Gasteiger partial charge is 0.573 e. The molecule has 3 aromatic rings. The quantitative estimate of drug-likeness (QED) is 0.197. The van der Waals surface area contributed by atoms with Crippen molar-refractivity contribution in [2.24, 2.45) is 0 Å². The maximum absolute atomic E-state index is 13.1. The first-order chi connectivity index (χ1) is 18.5. The Hall–Kier alpha value is -2.90. The van der Waals surface area contributed by atoms with Gasteiger partial charge < -0.3 is 38.9 Å². The van der Waals surface area contributed by atoms with E-state index in [1.165, 1.54) is 12.1 Å². The molecule has 5 N–H and O–H groups in total. The Balaban J connectivity index is 1.58. The van der Waals surface area contributed by atoms with Gasteiger partial charge in [-0.05, 0) is 12.1 Å². The summed E-state index contributed by atoms with van der Waals surface area (Å²) in [4.78, 5) is 52.3. The van der Waals surface area contributed by atoms with Gasteiger partial charge in [0.2, 0.25) is 5.58 Å². The first-order valence-corrected chi connectivity index (χ1v) is 13.7. The van der Waals surface area contributed by atoms with E-state index in [0.717, 1.165) is 18.3 Å². The lowest BCUT2D eigenvalue weighted by atomic mass is 10.1. The topological polar surface area (TPSA) is 242 Å². The molecule has 220 valence electrons. The predicted octanol–water partition coefficient (Wildman–Crippen LogP) is -0.0564. The second-order valence-electron chi connectivity index (χ2n) is 8.12. The summed E-state index contributed by atoms with van der Waals surface area (Å²) in [5, 5.41) is 24.3.